The molecule has 0 saturated heterocycles. The molecular weight excluding hydrogens is 458 g/mol. The van der Waals surface area contributed by atoms with Crippen LogP contribution in [-0.2, 0) is 11.2 Å². The maximum Gasteiger partial charge on any atom is 0.306 e. The molecule has 2 aromatic carbocycles. The summed E-state index contributed by atoms with van der Waals surface area (Å²) in [6.07, 6.45) is 4.33. The third kappa shape index (κ3) is 6.19. The second kappa shape index (κ2) is 11.5. The SMILES string of the molecule is CCN(C)CCc1cc(C)cc(ON2CSN=C2c2cccc(C3CCC(C(=O)O)CC3)c2)c1C. The Hall–Kier alpha value is -2.51. The highest BCUT2D eigenvalue weighted by Gasteiger charge is 2.28. The number of hydrogen-bond acceptors (Lipinski definition) is 6. The Balaban J connectivity index is 1.48. The lowest BCUT2D eigenvalue weighted by Gasteiger charge is -2.27. The number of amidine groups is 1. The monoisotopic (exact) mass is 495 g/mol. The fraction of sp³-hybridized carbons (Fsp3) is 0.500. The van der Waals surface area contributed by atoms with Crippen molar-refractivity contribution in [3.63, 3.8) is 0 Å². The summed E-state index contributed by atoms with van der Waals surface area (Å²) in [6, 6.07) is 12.9. The van der Waals surface area contributed by atoms with Crippen molar-refractivity contribution in [2.45, 2.75) is 58.8 Å². The van der Waals surface area contributed by atoms with Crippen molar-refractivity contribution in [1.29, 1.82) is 0 Å². The number of hydrogen-bond donors (Lipinski definition) is 1. The lowest BCUT2D eigenvalue weighted by atomic mass is 9.78. The molecule has 1 heterocycles. The van der Waals surface area contributed by atoms with E-state index in [-0.39, 0.29) is 5.92 Å². The van der Waals surface area contributed by atoms with Gasteiger partial charge >= 0.3 is 5.97 Å². The maximum atomic E-state index is 11.3. The van der Waals surface area contributed by atoms with Gasteiger partial charge in [-0.1, -0.05) is 31.2 Å². The van der Waals surface area contributed by atoms with Gasteiger partial charge in [0.2, 0.25) is 0 Å². The maximum absolute atomic E-state index is 11.3. The van der Waals surface area contributed by atoms with Crippen molar-refractivity contribution in [2.24, 2.45) is 10.3 Å². The number of aliphatic carboxylic acids is 1. The van der Waals surface area contributed by atoms with E-state index in [1.165, 1.54) is 34.2 Å². The third-order valence-electron chi connectivity index (χ3n) is 7.38. The van der Waals surface area contributed by atoms with Gasteiger partial charge in [0.1, 0.15) is 5.88 Å². The van der Waals surface area contributed by atoms with Gasteiger partial charge in [0.25, 0.3) is 0 Å². The summed E-state index contributed by atoms with van der Waals surface area (Å²) < 4.78 is 4.70. The summed E-state index contributed by atoms with van der Waals surface area (Å²) in [4.78, 5) is 20.1. The van der Waals surface area contributed by atoms with Crippen LogP contribution in [0.3, 0.4) is 0 Å². The first-order valence-corrected chi connectivity index (χ1v) is 13.6. The molecule has 2 aliphatic rings. The van der Waals surface area contributed by atoms with Crippen LogP contribution in [0.4, 0.5) is 0 Å². The summed E-state index contributed by atoms with van der Waals surface area (Å²) in [5.41, 5.74) is 6.01. The number of carbonyl (C=O) groups is 1. The van der Waals surface area contributed by atoms with E-state index in [1.807, 2.05) is 5.06 Å². The summed E-state index contributed by atoms with van der Waals surface area (Å²) in [5, 5.41) is 11.2. The summed E-state index contributed by atoms with van der Waals surface area (Å²) in [6.45, 7) is 8.51. The van der Waals surface area contributed by atoms with E-state index in [0.717, 1.165) is 62.3 Å². The van der Waals surface area contributed by atoms with Crippen LogP contribution in [0.25, 0.3) is 0 Å². The Bertz CT molecular complexity index is 1080. The molecular formula is C28H37N3O3S. The van der Waals surface area contributed by atoms with Crippen molar-refractivity contribution in [1.82, 2.24) is 9.96 Å². The van der Waals surface area contributed by atoms with E-state index in [2.05, 4.69) is 69.1 Å². The van der Waals surface area contributed by atoms with Gasteiger partial charge < -0.3 is 14.8 Å². The molecule has 1 saturated carbocycles. The predicted octanol–water partition coefficient (Wildman–Crippen LogP) is 5.82. The zero-order valence-corrected chi connectivity index (χ0v) is 22.1. The first-order chi connectivity index (χ1) is 16.9. The van der Waals surface area contributed by atoms with Crippen molar-refractivity contribution in [2.75, 3.05) is 26.0 Å². The molecule has 0 atom stereocenters. The van der Waals surface area contributed by atoms with Gasteiger partial charge in [-0.05, 0) is 99.8 Å². The number of rotatable bonds is 9. The summed E-state index contributed by atoms with van der Waals surface area (Å²) >= 11 is 1.50. The molecule has 35 heavy (non-hydrogen) atoms. The smallest absolute Gasteiger partial charge is 0.306 e. The fourth-order valence-corrected chi connectivity index (χ4v) is 5.62. The van der Waals surface area contributed by atoms with Gasteiger partial charge in [0, 0.05) is 24.1 Å². The van der Waals surface area contributed by atoms with Crippen molar-refractivity contribution in [3.8, 4) is 5.75 Å². The molecule has 0 aromatic heterocycles. The Morgan fingerprint density at radius 3 is 2.69 bits per heavy atom. The number of carboxylic acid groups (broad SMARTS) is 1. The minimum Gasteiger partial charge on any atom is -0.481 e. The van der Waals surface area contributed by atoms with Crippen LogP contribution in [0.5, 0.6) is 5.75 Å². The van der Waals surface area contributed by atoms with Gasteiger partial charge in [-0.25, -0.2) is 0 Å². The Labute approximate surface area is 213 Å². The van der Waals surface area contributed by atoms with E-state index in [0.29, 0.717) is 11.8 Å². The molecule has 4 rings (SSSR count). The highest BCUT2D eigenvalue weighted by Crippen LogP contribution is 2.37. The molecule has 2 aromatic rings. The molecule has 1 aliphatic heterocycles. The standard InChI is InChI=1S/C28H37N3O3S/c1-5-30(4)14-13-23-15-19(2)16-26(20(23)3)34-31-18-35-29-27(31)25-8-6-7-24(17-25)21-9-11-22(12-10-21)28(32)33/h6-8,15-17,21-22H,5,9-14,18H2,1-4H3,(H,32,33). The molecule has 0 radical (unpaired) electrons. The van der Waals surface area contributed by atoms with Crippen LogP contribution in [-0.4, -0.2) is 52.9 Å². The number of hydroxylamine groups is 2. The summed E-state index contributed by atoms with van der Waals surface area (Å²) in [7, 11) is 2.15. The van der Waals surface area contributed by atoms with Gasteiger partial charge in [-0.3, -0.25) is 4.79 Å². The second-order valence-corrected chi connectivity index (χ2v) is 10.5. The van der Waals surface area contributed by atoms with Crippen LogP contribution in [0.2, 0.25) is 0 Å². The molecule has 6 nitrogen and oxygen atoms in total. The van der Waals surface area contributed by atoms with Crippen molar-refractivity contribution in [3.05, 3.63) is 64.2 Å². The zero-order chi connectivity index (χ0) is 24.9. The zero-order valence-electron chi connectivity index (χ0n) is 21.3. The van der Waals surface area contributed by atoms with E-state index < -0.39 is 5.97 Å². The van der Waals surface area contributed by atoms with Crippen LogP contribution in [0, 0.1) is 19.8 Å². The van der Waals surface area contributed by atoms with Gasteiger partial charge in [0.05, 0.1) is 5.92 Å². The first-order valence-electron chi connectivity index (χ1n) is 12.6. The minimum atomic E-state index is -0.658. The molecule has 7 heteroatoms. The average Bonchev–Trinajstić information content (AvgIpc) is 3.33. The topological polar surface area (TPSA) is 65.4 Å². The average molecular weight is 496 g/mol. The van der Waals surface area contributed by atoms with Gasteiger partial charge in [-0.15, -0.1) is 0 Å². The van der Waals surface area contributed by atoms with E-state index >= 15 is 0 Å². The predicted molar refractivity (Wildman–Crippen MR) is 143 cm³/mol. The largest absolute Gasteiger partial charge is 0.481 e. The molecule has 0 bridgehead atoms. The van der Waals surface area contributed by atoms with E-state index in [1.54, 1.807) is 0 Å². The molecule has 0 amide bonds. The van der Waals surface area contributed by atoms with E-state index in [4.69, 9.17) is 9.24 Å². The normalized spacial score (nSPS) is 20.3. The molecule has 1 N–H and O–H groups in total. The number of likely N-dealkylation sites (N-methyl/N-ethyl adjacent to an activating group) is 1. The molecule has 188 valence electrons. The first kappa shape index (κ1) is 25.6. The lowest BCUT2D eigenvalue weighted by Crippen LogP contribution is -2.31. The van der Waals surface area contributed by atoms with Gasteiger partial charge in [0.15, 0.2) is 11.6 Å². The number of benzene rings is 2. The second-order valence-electron chi connectivity index (χ2n) is 9.85. The fourth-order valence-electron chi connectivity index (χ4n) is 4.96. The third-order valence-corrected chi connectivity index (χ3v) is 8.03. The highest BCUT2D eigenvalue weighted by molar-refractivity contribution is 7.98. The van der Waals surface area contributed by atoms with Crippen LogP contribution >= 0.6 is 11.9 Å². The number of nitrogens with zero attached hydrogens (tertiary/aromatic N) is 3. The van der Waals surface area contributed by atoms with Crippen LogP contribution < -0.4 is 4.84 Å². The molecule has 1 aliphatic carbocycles. The quantitative estimate of drug-likeness (QED) is 0.442. The molecule has 1 fully saturated rings. The van der Waals surface area contributed by atoms with Gasteiger partial charge in [-0.2, -0.15) is 9.46 Å². The minimum absolute atomic E-state index is 0.196. The Kier molecular flexibility index (Phi) is 8.39. The van der Waals surface area contributed by atoms with Crippen molar-refractivity contribution >= 4 is 23.8 Å². The molecule has 0 unspecified atom stereocenters. The highest BCUT2D eigenvalue weighted by atomic mass is 32.2. The van der Waals surface area contributed by atoms with Crippen LogP contribution in [0.1, 0.15) is 66.3 Å². The molecule has 0 spiro atoms. The lowest BCUT2D eigenvalue weighted by molar-refractivity contribution is -0.142. The van der Waals surface area contributed by atoms with E-state index in [9.17, 15) is 9.90 Å². The summed E-state index contributed by atoms with van der Waals surface area (Å²) in [5.74, 6) is 1.91. The van der Waals surface area contributed by atoms with Crippen molar-refractivity contribution < 1.29 is 14.7 Å². The Morgan fingerprint density at radius 2 is 1.97 bits per heavy atom. The van der Waals surface area contributed by atoms with Crippen LogP contribution in [0.15, 0.2) is 40.8 Å². The number of aryl methyl sites for hydroxylation is 1. The number of carboxylic acids is 1. The Morgan fingerprint density at radius 1 is 1.20 bits per heavy atom.